The van der Waals surface area contributed by atoms with Gasteiger partial charge < -0.3 is 0 Å². The molecule has 1 unspecified atom stereocenters. The predicted molar refractivity (Wildman–Crippen MR) is 75.7 cm³/mol. The van der Waals surface area contributed by atoms with Gasteiger partial charge in [-0.25, -0.2) is 0 Å². The molecule has 0 fully saturated rings. The van der Waals surface area contributed by atoms with Gasteiger partial charge in [-0.3, -0.25) is 9.88 Å². The van der Waals surface area contributed by atoms with Crippen LogP contribution < -0.4 is 0 Å². The molecule has 0 bridgehead atoms. The van der Waals surface area contributed by atoms with E-state index in [0.29, 0.717) is 6.04 Å². The van der Waals surface area contributed by atoms with Crippen LogP contribution in [-0.2, 0) is 13.0 Å². The van der Waals surface area contributed by atoms with Gasteiger partial charge in [0.15, 0.2) is 0 Å². The molecule has 0 saturated carbocycles. The van der Waals surface area contributed by atoms with Gasteiger partial charge in [-0.05, 0) is 41.5 Å². The first-order valence-corrected chi connectivity index (χ1v) is 7.45. The van der Waals surface area contributed by atoms with E-state index in [0.717, 1.165) is 6.54 Å². The van der Waals surface area contributed by atoms with Crippen molar-refractivity contribution in [2.75, 3.05) is 6.54 Å². The normalized spacial score (nSPS) is 19.7. The Morgan fingerprint density at radius 3 is 3.17 bits per heavy atom. The second-order valence-electron chi connectivity index (χ2n) is 4.80. The molecular weight excluding hydrogens is 240 g/mol. The Kier molecular flexibility index (Phi) is 3.43. The largest absolute Gasteiger partial charge is 0.292 e. The van der Waals surface area contributed by atoms with Crippen LogP contribution in [0.25, 0.3) is 0 Å². The molecule has 0 amide bonds. The summed E-state index contributed by atoms with van der Waals surface area (Å²) in [5.74, 6) is 0. The summed E-state index contributed by atoms with van der Waals surface area (Å²) in [7, 11) is 0. The summed E-state index contributed by atoms with van der Waals surface area (Å²) in [5.41, 5.74) is 2.87. The highest BCUT2D eigenvalue weighted by atomic mass is 32.1. The Hall–Kier alpha value is -1.19. The van der Waals surface area contributed by atoms with Crippen LogP contribution in [0, 0.1) is 0 Å². The van der Waals surface area contributed by atoms with E-state index in [-0.39, 0.29) is 0 Å². The summed E-state index contributed by atoms with van der Waals surface area (Å²) in [6.45, 7) is 4.47. The molecule has 0 radical (unpaired) electrons. The van der Waals surface area contributed by atoms with Crippen LogP contribution >= 0.6 is 11.3 Å². The highest BCUT2D eigenvalue weighted by Crippen LogP contribution is 2.35. The summed E-state index contributed by atoms with van der Waals surface area (Å²) in [6, 6.07) is 7.09. The lowest BCUT2D eigenvalue weighted by molar-refractivity contribution is 0.173. The van der Waals surface area contributed by atoms with E-state index in [4.69, 9.17) is 0 Å². The zero-order valence-electron chi connectivity index (χ0n) is 10.7. The lowest BCUT2D eigenvalue weighted by Crippen LogP contribution is -2.33. The van der Waals surface area contributed by atoms with E-state index in [1.807, 2.05) is 29.8 Å². The van der Waals surface area contributed by atoms with Gasteiger partial charge in [-0.15, -0.1) is 11.3 Å². The van der Waals surface area contributed by atoms with Crippen molar-refractivity contribution in [1.29, 1.82) is 0 Å². The molecule has 2 aromatic heterocycles. The summed E-state index contributed by atoms with van der Waals surface area (Å²) < 4.78 is 0. The second-order valence-corrected chi connectivity index (χ2v) is 5.81. The van der Waals surface area contributed by atoms with E-state index < -0.39 is 0 Å². The highest BCUT2D eigenvalue weighted by molar-refractivity contribution is 7.10. The monoisotopic (exact) mass is 258 g/mol. The molecule has 94 valence electrons. The van der Waals surface area contributed by atoms with E-state index in [9.17, 15) is 0 Å². The smallest absolute Gasteiger partial charge is 0.0360 e. The van der Waals surface area contributed by atoms with Gasteiger partial charge >= 0.3 is 0 Å². The Morgan fingerprint density at radius 1 is 1.44 bits per heavy atom. The quantitative estimate of drug-likeness (QED) is 0.835. The summed E-state index contributed by atoms with van der Waals surface area (Å²) in [5, 5.41) is 2.24. The molecule has 1 aliphatic rings. The van der Waals surface area contributed by atoms with Gasteiger partial charge in [0.1, 0.15) is 0 Å². The van der Waals surface area contributed by atoms with Crippen molar-refractivity contribution in [3.63, 3.8) is 0 Å². The van der Waals surface area contributed by atoms with Gasteiger partial charge in [-0.2, -0.15) is 0 Å². The summed E-state index contributed by atoms with van der Waals surface area (Å²) >= 11 is 1.91. The average molecular weight is 258 g/mol. The van der Waals surface area contributed by atoms with Crippen LogP contribution in [0.2, 0.25) is 0 Å². The molecule has 3 heteroatoms. The summed E-state index contributed by atoms with van der Waals surface area (Å²) in [6.07, 6.45) is 6.21. The van der Waals surface area contributed by atoms with Crippen molar-refractivity contribution >= 4 is 11.3 Å². The zero-order chi connectivity index (χ0) is 12.4. The van der Waals surface area contributed by atoms with Gasteiger partial charge in [-0.1, -0.05) is 13.0 Å². The molecule has 0 N–H and O–H groups in total. The molecule has 3 rings (SSSR count). The van der Waals surface area contributed by atoms with Crippen LogP contribution in [0.3, 0.4) is 0 Å². The van der Waals surface area contributed by atoms with Gasteiger partial charge in [0.05, 0.1) is 0 Å². The van der Waals surface area contributed by atoms with Crippen LogP contribution in [0.4, 0.5) is 0 Å². The first-order valence-electron chi connectivity index (χ1n) is 6.57. The minimum absolute atomic E-state index is 0.584. The molecule has 0 saturated heterocycles. The fourth-order valence-electron chi connectivity index (χ4n) is 2.84. The Labute approximate surface area is 112 Å². The third kappa shape index (κ3) is 2.20. The SMILES string of the molecule is CCC1c2ccsc2CCN1Cc1cccnc1. The standard InChI is InChI=1S/C15H18N2S/c1-2-14-13-6-9-18-15(13)5-8-17(14)11-12-4-3-7-16-10-12/h3-4,6-7,9-10,14H,2,5,8,11H2,1H3. The summed E-state index contributed by atoms with van der Waals surface area (Å²) in [4.78, 5) is 8.39. The maximum Gasteiger partial charge on any atom is 0.0360 e. The fraction of sp³-hybridized carbons (Fsp3) is 0.400. The van der Waals surface area contributed by atoms with Crippen LogP contribution in [0.5, 0.6) is 0 Å². The van der Waals surface area contributed by atoms with Crippen LogP contribution in [0.1, 0.15) is 35.4 Å². The number of hydrogen-bond donors (Lipinski definition) is 0. The molecule has 0 spiro atoms. The molecule has 2 aromatic rings. The maximum atomic E-state index is 4.21. The van der Waals surface area contributed by atoms with E-state index in [1.54, 1.807) is 10.4 Å². The lowest BCUT2D eigenvalue weighted by atomic mass is 9.97. The third-order valence-electron chi connectivity index (χ3n) is 3.70. The minimum Gasteiger partial charge on any atom is -0.292 e. The molecular formula is C15H18N2S. The molecule has 1 atom stereocenters. The zero-order valence-corrected chi connectivity index (χ0v) is 11.5. The topological polar surface area (TPSA) is 16.1 Å². The van der Waals surface area contributed by atoms with E-state index in [1.165, 1.54) is 24.9 Å². The fourth-order valence-corrected chi connectivity index (χ4v) is 3.77. The minimum atomic E-state index is 0.584. The molecule has 2 nitrogen and oxygen atoms in total. The number of hydrogen-bond acceptors (Lipinski definition) is 3. The van der Waals surface area contributed by atoms with Gasteiger partial charge in [0, 0.05) is 36.4 Å². The van der Waals surface area contributed by atoms with Crippen molar-refractivity contribution in [2.45, 2.75) is 32.4 Å². The average Bonchev–Trinajstić information content (AvgIpc) is 2.88. The lowest BCUT2D eigenvalue weighted by Gasteiger charge is -2.35. The number of aromatic nitrogens is 1. The molecule has 18 heavy (non-hydrogen) atoms. The second kappa shape index (κ2) is 5.21. The van der Waals surface area contributed by atoms with Crippen LogP contribution in [0.15, 0.2) is 36.0 Å². The molecule has 1 aliphatic heterocycles. The molecule has 0 aromatic carbocycles. The van der Waals surface area contributed by atoms with Crippen molar-refractivity contribution in [3.05, 3.63) is 52.0 Å². The Bertz CT molecular complexity index is 506. The van der Waals surface area contributed by atoms with Crippen LogP contribution in [-0.4, -0.2) is 16.4 Å². The predicted octanol–water partition coefficient (Wildman–Crippen LogP) is 3.65. The number of nitrogens with zero attached hydrogens (tertiary/aromatic N) is 2. The van der Waals surface area contributed by atoms with Crippen molar-refractivity contribution < 1.29 is 0 Å². The number of thiophene rings is 1. The third-order valence-corrected chi connectivity index (χ3v) is 4.70. The van der Waals surface area contributed by atoms with Crippen molar-refractivity contribution in [2.24, 2.45) is 0 Å². The van der Waals surface area contributed by atoms with Gasteiger partial charge in [0.25, 0.3) is 0 Å². The first-order chi connectivity index (χ1) is 8.88. The first kappa shape index (κ1) is 11.9. The van der Waals surface area contributed by atoms with Crippen molar-refractivity contribution in [3.8, 4) is 0 Å². The number of fused-ring (bicyclic) bond motifs is 1. The number of rotatable bonds is 3. The van der Waals surface area contributed by atoms with E-state index >= 15 is 0 Å². The molecule has 3 heterocycles. The Balaban J connectivity index is 1.81. The molecule has 0 aliphatic carbocycles. The maximum absolute atomic E-state index is 4.21. The van der Waals surface area contributed by atoms with Crippen molar-refractivity contribution in [1.82, 2.24) is 9.88 Å². The highest BCUT2D eigenvalue weighted by Gasteiger charge is 2.26. The van der Waals surface area contributed by atoms with E-state index in [2.05, 4.69) is 34.3 Å². The Morgan fingerprint density at radius 2 is 2.39 bits per heavy atom. The number of pyridine rings is 1. The van der Waals surface area contributed by atoms with Gasteiger partial charge in [0.2, 0.25) is 0 Å².